The maximum atomic E-state index is 5.02. The first-order valence-electron chi connectivity index (χ1n) is 7.26. The monoisotopic (exact) mass is 298 g/mol. The number of hydrogen-bond donors (Lipinski definition) is 1. The SMILES string of the molecule is COCCNCc1cnc(N(C)CC2CCCN2C)s1. The van der Waals surface area contributed by atoms with Crippen molar-refractivity contribution in [3.63, 3.8) is 0 Å². The average molecular weight is 298 g/mol. The molecule has 2 heterocycles. The molecule has 1 saturated heterocycles. The van der Waals surface area contributed by atoms with E-state index in [4.69, 9.17) is 4.74 Å². The number of rotatable bonds is 8. The summed E-state index contributed by atoms with van der Waals surface area (Å²) in [6.45, 7) is 4.80. The molecule has 1 fully saturated rings. The summed E-state index contributed by atoms with van der Waals surface area (Å²) in [4.78, 5) is 10.6. The third-order valence-electron chi connectivity index (χ3n) is 3.81. The Bertz CT molecular complexity index is 398. The van der Waals surface area contributed by atoms with Gasteiger partial charge in [-0.05, 0) is 26.4 Å². The molecule has 0 radical (unpaired) electrons. The second-order valence-electron chi connectivity index (χ2n) is 5.44. The Morgan fingerprint density at radius 3 is 3.15 bits per heavy atom. The Hall–Kier alpha value is -0.690. The number of nitrogens with zero attached hydrogens (tertiary/aromatic N) is 3. The lowest BCUT2D eigenvalue weighted by Gasteiger charge is -2.25. The molecule has 1 aliphatic heterocycles. The molecule has 114 valence electrons. The minimum absolute atomic E-state index is 0.673. The van der Waals surface area contributed by atoms with Crippen LogP contribution >= 0.6 is 11.3 Å². The molecule has 0 amide bonds. The molecule has 6 heteroatoms. The van der Waals surface area contributed by atoms with E-state index in [-0.39, 0.29) is 0 Å². The van der Waals surface area contributed by atoms with Gasteiger partial charge in [0, 0.05) is 50.9 Å². The quantitative estimate of drug-likeness (QED) is 0.735. The van der Waals surface area contributed by atoms with Gasteiger partial charge >= 0.3 is 0 Å². The van der Waals surface area contributed by atoms with E-state index in [9.17, 15) is 0 Å². The molecule has 1 unspecified atom stereocenters. The number of hydrogen-bond acceptors (Lipinski definition) is 6. The fourth-order valence-electron chi connectivity index (χ4n) is 2.55. The summed E-state index contributed by atoms with van der Waals surface area (Å²) in [5, 5.41) is 4.47. The van der Waals surface area contributed by atoms with Crippen LogP contribution in [0.3, 0.4) is 0 Å². The van der Waals surface area contributed by atoms with Crippen molar-refractivity contribution in [2.75, 3.05) is 52.3 Å². The lowest BCUT2D eigenvalue weighted by atomic mass is 10.2. The second-order valence-corrected chi connectivity index (χ2v) is 6.53. The second kappa shape index (κ2) is 7.93. The number of aromatic nitrogens is 1. The summed E-state index contributed by atoms with van der Waals surface area (Å²) in [6, 6.07) is 0.673. The van der Waals surface area contributed by atoms with E-state index in [0.29, 0.717) is 6.04 Å². The van der Waals surface area contributed by atoms with Gasteiger partial charge in [-0.15, -0.1) is 11.3 Å². The van der Waals surface area contributed by atoms with Crippen molar-refractivity contribution in [3.8, 4) is 0 Å². The number of nitrogens with one attached hydrogen (secondary N) is 1. The summed E-state index contributed by atoms with van der Waals surface area (Å²) in [5.74, 6) is 0. The van der Waals surface area contributed by atoms with Crippen molar-refractivity contribution in [2.45, 2.75) is 25.4 Å². The fourth-order valence-corrected chi connectivity index (χ4v) is 3.40. The summed E-state index contributed by atoms with van der Waals surface area (Å²) >= 11 is 1.78. The van der Waals surface area contributed by atoms with Crippen LogP contribution in [0.2, 0.25) is 0 Å². The van der Waals surface area contributed by atoms with Crippen molar-refractivity contribution < 1.29 is 4.74 Å². The number of ether oxygens (including phenoxy) is 1. The maximum Gasteiger partial charge on any atom is 0.185 e. The Morgan fingerprint density at radius 1 is 1.60 bits per heavy atom. The molecule has 5 nitrogen and oxygen atoms in total. The molecule has 0 bridgehead atoms. The van der Waals surface area contributed by atoms with E-state index in [1.165, 1.54) is 24.3 Å². The molecule has 2 rings (SSSR count). The normalized spacial score (nSPS) is 19.6. The predicted molar refractivity (Wildman–Crippen MR) is 84.6 cm³/mol. The van der Waals surface area contributed by atoms with Crippen LogP contribution in [-0.4, -0.2) is 63.4 Å². The van der Waals surface area contributed by atoms with Crippen molar-refractivity contribution >= 4 is 16.5 Å². The van der Waals surface area contributed by atoms with Crippen LogP contribution in [0.1, 0.15) is 17.7 Å². The molecule has 0 spiro atoms. The van der Waals surface area contributed by atoms with Crippen molar-refractivity contribution in [1.82, 2.24) is 15.2 Å². The number of anilines is 1. The highest BCUT2D eigenvalue weighted by molar-refractivity contribution is 7.15. The van der Waals surface area contributed by atoms with Gasteiger partial charge in [0.2, 0.25) is 0 Å². The van der Waals surface area contributed by atoms with Crippen LogP contribution in [0.15, 0.2) is 6.20 Å². The standard InChI is InChI=1S/C14H26N4OS/c1-17-7-4-5-12(17)11-18(2)14-16-10-13(20-14)9-15-6-8-19-3/h10,12,15H,4-9,11H2,1-3H3. The van der Waals surface area contributed by atoms with Crippen LogP contribution in [0.4, 0.5) is 5.13 Å². The van der Waals surface area contributed by atoms with Gasteiger partial charge in [-0.25, -0.2) is 4.98 Å². The van der Waals surface area contributed by atoms with Crippen LogP contribution in [0.25, 0.3) is 0 Å². The van der Waals surface area contributed by atoms with Gasteiger partial charge in [0.05, 0.1) is 6.61 Å². The third-order valence-corrected chi connectivity index (χ3v) is 4.92. The van der Waals surface area contributed by atoms with E-state index < -0.39 is 0 Å². The molecule has 1 N–H and O–H groups in total. The number of methoxy groups -OCH3 is 1. The Morgan fingerprint density at radius 2 is 2.45 bits per heavy atom. The molecular weight excluding hydrogens is 272 g/mol. The first-order valence-corrected chi connectivity index (χ1v) is 8.08. The zero-order valence-electron chi connectivity index (χ0n) is 12.8. The lowest BCUT2D eigenvalue weighted by molar-refractivity contribution is 0.199. The van der Waals surface area contributed by atoms with Gasteiger partial charge in [0.25, 0.3) is 0 Å². The highest BCUT2D eigenvalue weighted by atomic mass is 32.1. The summed E-state index contributed by atoms with van der Waals surface area (Å²) in [5.41, 5.74) is 0. The van der Waals surface area contributed by atoms with Crippen LogP contribution < -0.4 is 10.2 Å². The van der Waals surface area contributed by atoms with E-state index in [1.54, 1.807) is 18.4 Å². The molecule has 1 aromatic heterocycles. The fraction of sp³-hybridized carbons (Fsp3) is 0.786. The minimum atomic E-state index is 0.673. The first kappa shape index (κ1) is 15.7. The Kier molecular flexibility index (Phi) is 6.22. The molecule has 0 aliphatic carbocycles. The van der Waals surface area contributed by atoms with Crippen molar-refractivity contribution in [3.05, 3.63) is 11.1 Å². The summed E-state index contributed by atoms with van der Waals surface area (Å²) < 4.78 is 5.02. The van der Waals surface area contributed by atoms with Gasteiger partial charge in [-0.2, -0.15) is 0 Å². The van der Waals surface area contributed by atoms with E-state index >= 15 is 0 Å². The lowest BCUT2D eigenvalue weighted by Crippen LogP contribution is -2.36. The van der Waals surface area contributed by atoms with Gasteiger partial charge in [-0.3, -0.25) is 0 Å². The van der Waals surface area contributed by atoms with Crippen LogP contribution in [0.5, 0.6) is 0 Å². The Balaban J connectivity index is 1.78. The Labute approximate surface area is 125 Å². The van der Waals surface area contributed by atoms with Crippen molar-refractivity contribution in [2.24, 2.45) is 0 Å². The summed E-state index contributed by atoms with van der Waals surface area (Å²) in [7, 11) is 6.09. The highest BCUT2D eigenvalue weighted by Crippen LogP contribution is 2.23. The number of likely N-dealkylation sites (N-methyl/N-ethyl adjacent to an activating group) is 2. The minimum Gasteiger partial charge on any atom is -0.383 e. The highest BCUT2D eigenvalue weighted by Gasteiger charge is 2.22. The van der Waals surface area contributed by atoms with Crippen LogP contribution in [-0.2, 0) is 11.3 Å². The van der Waals surface area contributed by atoms with E-state index in [2.05, 4.69) is 34.2 Å². The molecule has 1 atom stereocenters. The molecule has 0 saturated carbocycles. The molecule has 1 aromatic rings. The maximum absolute atomic E-state index is 5.02. The predicted octanol–water partition coefficient (Wildman–Crippen LogP) is 1.41. The van der Waals surface area contributed by atoms with Crippen LogP contribution in [0, 0.1) is 0 Å². The van der Waals surface area contributed by atoms with Gasteiger partial charge in [0.15, 0.2) is 5.13 Å². The number of thiazole rings is 1. The number of likely N-dealkylation sites (tertiary alicyclic amines) is 1. The third kappa shape index (κ3) is 4.41. The van der Waals surface area contributed by atoms with Gasteiger partial charge in [-0.1, -0.05) is 0 Å². The molecule has 20 heavy (non-hydrogen) atoms. The van der Waals surface area contributed by atoms with E-state index in [1.807, 2.05) is 6.20 Å². The summed E-state index contributed by atoms with van der Waals surface area (Å²) in [6.07, 6.45) is 4.61. The van der Waals surface area contributed by atoms with E-state index in [0.717, 1.165) is 31.4 Å². The largest absolute Gasteiger partial charge is 0.383 e. The molecule has 0 aromatic carbocycles. The molecular formula is C14H26N4OS. The van der Waals surface area contributed by atoms with Gasteiger partial charge in [0.1, 0.15) is 0 Å². The first-order chi connectivity index (χ1) is 9.70. The van der Waals surface area contributed by atoms with Crippen molar-refractivity contribution in [1.29, 1.82) is 0 Å². The zero-order valence-corrected chi connectivity index (χ0v) is 13.6. The smallest absolute Gasteiger partial charge is 0.185 e. The van der Waals surface area contributed by atoms with Gasteiger partial charge < -0.3 is 19.9 Å². The zero-order chi connectivity index (χ0) is 14.4. The molecule has 1 aliphatic rings. The average Bonchev–Trinajstić information content (AvgIpc) is 3.05. The topological polar surface area (TPSA) is 40.6 Å².